The van der Waals surface area contributed by atoms with Crippen molar-refractivity contribution in [3.05, 3.63) is 22.4 Å². The van der Waals surface area contributed by atoms with E-state index >= 15 is 0 Å². The SMILES string of the molecule is O=C(O)CCCNCC(=O)NCc1cccs1. The summed E-state index contributed by atoms with van der Waals surface area (Å²) in [7, 11) is 0. The van der Waals surface area contributed by atoms with E-state index in [0.717, 1.165) is 4.88 Å². The van der Waals surface area contributed by atoms with E-state index in [0.29, 0.717) is 19.5 Å². The second-order valence-corrected chi connectivity index (χ2v) is 4.56. The van der Waals surface area contributed by atoms with Crippen LogP contribution < -0.4 is 10.6 Å². The van der Waals surface area contributed by atoms with Crippen molar-refractivity contribution in [3.8, 4) is 0 Å². The van der Waals surface area contributed by atoms with Gasteiger partial charge < -0.3 is 15.7 Å². The summed E-state index contributed by atoms with van der Waals surface area (Å²) in [6.45, 7) is 1.32. The molecule has 1 aromatic heterocycles. The highest BCUT2D eigenvalue weighted by Crippen LogP contribution is 2.06. The lowest BCUT2D eigenvalue weighted by Crippen LogP contribution is -2.33. The van der Waals surface area contributed by atoms with Gasteiger partial charge in [0, 0.05) is 11.3 Å². The normalized spacial score (nSPS) is 10.1. The van der Waals surface area contributed by atoms with Crippen LogP contribution in [0.5, 0.6) is 0 Å². The Kier molecular flexibility index (Phi) is 6.27. The molecule has 1 heterocycles. The first kappa shape index (κ1) is 13.7. The molecule has 0 saturated heterocycles. The molecule has 0 aliphatic carbocycles. The molecule has 3 N–H and O–H groups in total. The van der Waals surface area contributed by atoms with Crippen LogP contribution in [-0.4, -0.2) is 30.1 Å². The number of aliphatic carboxylic acids is 1. The molecule has 1 aromatic rings. The Morgan fingerprint density at radius 3 is 2.88 bits per heavy atom. The van der Waals surface area contributed by atoms with Crippen molar-refractivity contribution < 1.29 is 14.7 Å². The minimum Gasteiger partial charge on any atom is -0.481 e. The summed E-state index contributed by atoms with van der Waals surface area (Å²) >= 11 is 1.60. The Labute approximate surface area is 104 Å². The van der Waals surface area contributed by atoms with E-state index in [1.807, 2.05) is 17.5 Å². The first-order valence-electron chi connectivity index (χ1n) is 5.40. The van der Waals surface area contributed by atoms with Crippen LogP contribution in [0.3, 0.4) is 0 Å². The second-order valence-electron chi connectivity index (χ2n) is 3.53. The van der Waals surface area contributed by atoms with Crippen LogP contribution in [0.1, 0.15) is 17.7 Å². The fourth-order valence-corrected chi connectivity index (χ4v) is 1.87. The lowest BCUT2D eigenvalue weighted by Gasteiger charge is -2.04. The van der Waals surface area contributed by atoms with Crippen molar-refractivity contribution in [1.82, 2.24) is 10.6 Å². The fraction of sp³-hybridized carbons (Fsp3) is 0.455. The van der Waals surface area contributed by atoms with E-state index in [4.69, 9.17) is 5.11 Å². The van der Waals surface area contributed by atoms with Crippen LogP contribution in [0.15, 0.2) is 17.5 Å². The number of carboxylic acid groups (broad SMARTS) is 1. The Hall–Kier alpha value is -1.40. The van der Waals surface area contributed by atoms with Gasteiger partial charge in [0.2, 0.25) is 5.91 Å². The van der Waals surface area contributed by atoms with Crippen LogP contribution in [0, 0.1) is 0 Å². The molecule has 0 saturated carbocycles. The van der Waals surface area contributed by atoms with Crippen molar-refractivity contribution in [3.63, 3.8) is 0 Å². The number of amides is 1. The number of nitrogens with one attached hydrogen (secondary N) is 2. The summed E-state index contributed by atoms with van der Waals surface area (Å²) in [5, 5.41) is 16.0. The van der Waals surface area contributed by atoms with Crippen molar-refractivity contribution >= 4 is 23.2 Å². The molecule has 0 aromatic carbocycles. The van der Waals surface area contributed by atoms with Gasteiger partial charge >= 0.3 is 5.97 Å². The van der Waals surface area contributed by atoms with E-state index in [1.54, 1.807) is 11.3 Å². The van der Waals surface area contributed by atoms with Crippen LogP contribution in [0.4, 0.5) is 0 Å². The number of carbonyl (C=O) groups is 2. The van der Waals surface area contributed by atoms with Crippen molar-refractivity contribution in [2.24, 2.45) is 0 Å². The summed E-state index contributed by atoms with van der Waals surface area (Å²) in [6.07, 6.45) is 0.664. The number of rotatable bonds is 8. The number of carboxylic acids is 1. The maximum absolute atomic E-state index is 11.3. The highest BCUT2D eigenvalue weighted by atomic mass is 32.1. The van der Waals surface area contributed by atoms with Gasteiger partial charge in [0.05, 0.1) is 13.1 Å². The number of thiophene rings is 1. The number of hydrogen-bond acceptors (Lipinski definition) is 4. The van der Waals surface area contributed by atoms with E-state index in [-0.39, 0.29) is 18.9 Å². The van der Waals surface area contributed by atoms with Gasteiger partial charge in [-0.15, -0.1) is 11.3 Å². The molecule has 0 unspecified atom stereocenters. The van der Waals surface area contributed by atoms with Gasteiger partial charge in [-0.2, -0.15) is 0 Å². The molecule has 17 heavy (non-hydrogen) atoms. The molecule has 0 bridgehead atoms. The van der Waals surface area contributed by atoms with E-state index in [2.05, 4.69) is 10.6 Å². The molecule has 0 spiro atoms. The predicted molar refractivity (Wildman–Crippen MR) is 65.9 cm³/mol. The van der Waals surface area contributed by atoms with Gasteiger partial charge in [-0.1, -0.05) is 6.07 Å². The second kappa shape index (κ2) is 7.81. The lowest BCUT2D eigenvalue weighted by atomic mass is 10.3. The predicted octanol–water partition coefficient (Wildman–Crippen LogP) is 0.819. The lowest BCUT2D eigenvalue weighted by molar-refractivity contribution is -0.137. The van der Waals surface area contributed by atoms with Crippen molar-refractivity contribution in [2.75, 3.05) is 13.1 Å². The van der Waals surface area contributed by atoms with Gasteiger partial charge in [-0.05, 0) is 24.4 Å². The van der Waals surface area contributed by atoms with Crippen LogP contribution in [-0.2, 0) is 16.1 Å². The molecule has 0 aliphatic rings. The van der Waals surface area contributed by atoms with Crippen LogP contribution in [0.25, 0.3) is 0 Å². The minimum absolute atomic E-state index is 0.0753. The van der Waals surface area contributed by atoms with Gasteiger partial charge in [0.15, 0.2) is 0 Å². The quantitative estimate of drug-likeness (QED) is 0.602. The van der Waals surface area contributed by atoms with Crippen LogP contribution >= 0.6 is 11.3 Å². The average Bonchev–Trinajstić information content (AvgIpc) is 2.78. The zero-order chi connectivity index (χ0) is 12.5. The van der Waals surface area contributed by atoms with Gasteiger partial charge in [-0.25, -0.2) is 0 Å². The summed E-state index contributed by atoms with van der Waals surface area (Å²) in [5.41, 5.74) is 0. The van der Waals surface area contributed by atoms with E-state index in [9.17, 15) is 9.59 Å². The molecule has 94 valence electrons. The Bertz CT molecular complexity index is 352. The van der Waals surface area contributed by atoms with E-state index in [1.165, 1.54) is 0 Å². The Morgan fingerprint density at radius 1 is 1.41 bits per heavy atom. The average molecular weight is 256 g/mol. The van der Waals surface area contributed by atoms with Crippen LogP contribution in [0.2, 0.25) is 0 Å². The highest BCUT2D eigenvalue weighted by Gasteiger charge is 2.01. The third-order valence-corrected chi connectivity index (χ3v) is 2.95. The zero-order valence-electron chi connectivity index (χ0n) is 9.44. The molecule has 1 amide bonds. The smallest absolute Gasteiger partial charge is 0.303 e. The maximum atomic E-state index is 11.3. The first-order chi connectivity index (χ1) is 8.18. The Morgan fingerprint density at radius 2 is 2.24 bits per heavy atom. The summed E-state index contributed by atoms with van der Waals surface area (Å²) in [6, 6.07) is 3.90. The molecule has 6 heteroatoms. The molecule has 0 radical (unpaired) electrons. The molecule has 0 fully saturated rings. The van der Waals surface area contributed by atoms with Gasteiger partial charge in [0.1, 0.15) is 0 Å². The molecular formula is C11H16N2O3S. The first-order valence-corrected chi connectivity index (χ1v) is 6.28. The Balaban J connectivity index is 2.00. The van der Waals surface area contributed by atoms with Gasteiger partial charge in [-0.3, -0.25) is 9.59 Å². The third-order valence-electron chi connectivity index (χ3n) is 2.07. The molecule has 5 nitrogen and oxygen atoms in total. The van der Waals surface area contributed by atoms with Crippen molar-refractivity contribution in [2.45, 2.75) is 19.4 Å². The highest BCUT2D eigenvalue weighted by molar-refractivity contribution is 7.09. The molecule has 1 rings (SSSR count). The maximum Gasteiger partial charge on any atom is 0.303 e. The number of carbonyl (C=O) groups excluding carboxylic acids is 1. The third kappa shape index (κ3) is 6.70. The molecular weight excluding hydrogens is 240 g/mol. The van der Waals surface area contributed by atoms with Gasteiger partial charge in [0.25, 0.3) is 0 Å². The number of hydrogen-bond donors (Lipinski definition) is 3. The minimum atomic E-state index is -0.811. The molecule has 0 atom stereocenters. The summed E-state index contributed by atoms with van der Waals surface area (Å²) in [5.74, 6) is -0.886. The molecule has 0 aliphatic heterocycles. The van der Waals surface area contributed by atoms with E-state index < -0.39 is 5.97 Å². The van der Waals surface area contributed by atoms with Crippen molar-refractivity contribution in [1.29, 1.82) is 0 Å². The zero-order valence-corrected chi connectivity index (χ0v) is 10.3. The monoisotopic (exact) mass is 256 g/mol. The fourth-order valence-electron chi connectivity index (χ4n) is 1.23. The standard InChI is InChI=1S/C11H16N2O3S/c14-10(8-12-5-1-4-11(15)16)13-7-9-3-2-6-17-9/h2-3,6,12H,1,4-5,7-8H2,(H,13,14)(H,15,16). The topological polar surface area (TPSA) is 78.4 Å². The summed E-state index contributed by atoms with van der Waals surface area (Å²) in [4.78, 5) is 22.7. The summed E-state index contributed by atoms with van der Waals surface area (Å²) < 4.78 is 0. The largest absolute Gasteiger partial charge is 0.481 e.